The molecule has 1 aliphatic heterocycles. The van der Waals surface area contributed by atoms with Gasteiger partial charge in [-0.2, -0.15) is 0 Å². The molecule has 0 spiro atoms. The predicted octanol–water partition coefficient (Wildman–Crippen LogP) is 11.6. The fourth-order valence-electron chi connectivity index (χ4n) is 7.16. The summed E-state index contributed by atoms with van der Waals surface area (Å²) < 4.78 is 2.28. The number of anilines is 2. The minimum atomic E-state index is 0.594. The minimum Gasteiger partial charge on any atom is -0.310 e. The third-order valence-corrected chi connectivity index (χ3v) is 9.48. The highest BCUT2D eigenvalue weighted by molar-refractivity contribution is 6.11. The largest absolute Gasteiger partial charge is 0.310 e. The van der Waals surface area contributed by atoms with Crippen molar-refractivity contribution in [2.24, 2.45) is 0 Å². The second kappa shape index (κ2) is 13.5. The maximum Gasteiger partial charge on any atom is 0.164 e. The Morgan fingerprint density at radius 3 is 1.85 bits per heavy atom. The molecule has 0 atom stereocenters. The minimum absolute atomic E-state index is 0.594. The summed E-state index contributed by atoms with van der Waals surface area (Å²) in [4.78, 5) is 22.3. The van der Waals surface area contributed by atoms with Crippen LogP contribution in [0.2, 0.25) is 0 Å². The van der Waals surface area contributed by atoms with Crippen molar-refractivity contribution in [2.45, 2.75) is 6.92 Å². The third kappa shape index (κ3) is 5.63. The molecule has 0 bridgehead atoms. The van der Waals surface area contributed by atoms with Gasteiger partial charge in [-0.3, -0.25) is 4.57 Å². The molecule has 0 fully saturated rings. The van der Waals surface area contributed by atoms with Crippen molar-refractivity contribution in [3.8, 4) is 62.2 Å². The lowest BCUT2D eigenvalue weighted by Gasteiger charge is -2.27. The number of hydrogen-bond donors (Lipinski definition) is 0. The van der Waals surface area contributed by atoms with E-state index in [1.54, 1.807) is 0 Å². The van der Waals surface area contributed by atoms with Crippen molar-refractivity contribution in [3.63, 3.8) is 0 Å². The number of aromatic nitrogens is 5. The lowest BCUT2D eigenvalue weighted by Crippen LogP contribution is -2.15. The Morgan fingerprint density at radius 2 is 1.17 bits per heavy atom. The first-order valence-corrected chi connectivity index (χ1v) is 17.6. The molecule has 4 heterocycles. The monoisotopic (exact) mass is 682 g/mol. The highest BCUT2D eigenvalue weighted by atomic mass is 15.2. The average molecular weight is 683 g/mol. The highest BCUT2D eigenvalue weighted by Gasteiger charge is 2.31. The molecular formula is C47H34N6. The van der Waals surface area contributed by atoms with Crippen LogP contribution in [0.4, 0.5) is 11.4 Å². The van der Waals surface area contributed by atoms with Crippen LogP contribution in [-0.4, -0.2) is 24.5 Å². The molecular weight excluding hydrogens is 649 g/mol. The Kier molecular flexibility index (Phi) is 8.10. The summed E-state index contributed by atoms with van der Waals surface area (Å²) >= 11 is 0. The quantitative estimate of drug-likeness (QED) is 0.157. The fraction of sp³-hybridized carbons (Fsp3) is 0.0213. The summed E-state index contributed by atoms with van der Waals surface area (Å²) in [6.07, 6.45) is 9.99. The summed E-state index contributed by atoms with van der Waals surface area (Å²) in [5.41, 5.74) is 11.8. The third-order valence-electron chi connectivity index (χ3n) is 9.48. The Hall–Kier alpha value is -7.18. The molecule has 0 saturated carbocycles. The molecule has 0 amide bonds. The van der Waals surface area contributed by atoms with Gasteiger partial charge in [0.05, 0.1) is 17.1 Å². The smallest absolute Gasteiger partial charge is 0.164 e. The second-order valence-corrected chi connectivity index (χ2v) is 12.8. The summed E-state index contributed by atoms with van der Waals surface area (Å²) in [6, 6.07) is 49.8. The summed E-state index contributed by atoms with van der Waals surface area (Å²) in [5.74, 6) is 1.84. The number of nitrogens with zero attached hydrogens (tertiary/aromatic N) is 6. The second-order valence-electron chi connectivity index (χ2n) is 12.8. The van der Waals surface area contributed by atoms with E-state index in [9.17, 15) is 0 Å². The first-order chi connectivity index (χ1) is 26.2. The van der Waals surface area contributed by atoms with Crippen LogP contribution < -0.4 is 4.90 Å². The van der Waals surface area contributed by atoms with E-state index in [0.717, 1.165) is 72.9 Å². The highest BCUT2D eigenvalue weighted by Crippen LogP contribution is 2.53. The lowest BCUT2D eigenvalue weighted by atomic mass is 9.98. The first-order valence-electron chi connectivity index (χ1n) is 17.6. The van der Waals surface area contributed by atoms with Gasteiger partial charge in [-0.1, -0.05) is 134 Å². The summed E-state index contributed by atoms with van der Waals surface area (Å²) in [6.45, 7) is 6.56. The molecule has 9 rings (SSSR count). The average Bonchev–Trinajstić information content (AvgIpc) is 3.50. The number of allylic oxidation sites excluding steroid dienone is 4. The predicted molar refractivity (Wildman–Crippen MR) is 217 cm³/mol. The van der Waals surface area contributed by atoms with Crippen molar-refractivity contribution in [1.82, 2.24) is 24.5 Å². The van der Waals surface area contributed by atoms with Crippen molar-refractivity contribution in [3.05, 3.63) is 188 Å². The SMILES string of the molecule is C=C(/C=C\C=C/C)N1c2ccccc2-c2c(n(-c3cccc(-c4nc(-c5ccccc5)nc(-c5ccccc5)n4)c3)c3ncccc23)-c2ccccc21. The van der Waals surface area contributed by atoms with E-state index in [1.165, 1.54) is 0 Å². The van der Waals surface area contributed by atoms with Crippen molar-refractivity contribution in [1.29, 1.82) is 0 Å². The van der Waals surface area contributed by atoms with E-state index in [4.69, 9.17) is 19.9 Å². The Bertz CT molecular complexity index is 2650. The van der Waals surface area contributed by atoms with E-state index < -0.39 is 0 Å². The Morgan fingerprint density at radius 1 is 0.585 bits per heavy atom. The van der Waals surface area contributed by atoms with Crippen molar-refractivity contribution >= 4 is 22.4 Å². The van der Waals surface area contributed by atoms with Gasteiger partial charge in [-0.15, -0.1) is 0 Å². The maximum atomic E-state index is 5.04. The topological polar surface area (TPSA) is 59.7 Å². The van der Waals surface area contributed by atoms with Gasteiger partial charge in [0.1, 0.15) is 5.65 Å². The number of rotatable bonds is 7. The zero-order valence-corrected chi connectivity index (χ0v) is 29.1. The van der Waals surface area contributed by atoms with E-state index in [0.29, 0.717) is 17.5 Å². The van der Waals surface area contributed by atoms with E-state index in [-0.39, 0.29) is 0 Å². The van der Waals surface area contributed by atoms with Crippen LogP contribution in [0.5, 0.6) is 0 Å². The lowest BCUT2D eigenvalue weighted by molar-refractivity contribution is 1.07. The molecule has 0 unspecified atom stereocenters. The summed E-state index contributed by atoms with van der Waals surface area (Å²) in [7, 11) is 0. The molecule has 0 radical (unpaired) electrons. The molecule has 3 aromatic heterocycles. The van der Waals surface area contributed by atoms with Crippen molar-refractivity contribution in [2.75, 3.05) is 4.90 Å². The van der Waals surface area contributed by atoms with Gasteiger partial charge in [0.15, 0.2) is 17.5 Å². The van der Waals surface area contributed by atoms with Gasteiger partial charge >= 0.3 is 0 Å². The molecule has 0 aliphatic carbocycles. The zero-order valence-electron chi connectivity index (χ0n) is 29.1. The van der Waals surface area contributed by atoms with Gasteiger partial charge < -0.3 is 4.90 Å². The normalized spacial score (nSPS) is 12.1. The number of para-hydroxylation sites is 2. The fourth-order valence-corrected chi connectivity index (χ4v) is 7.16. The van der Waals surface area contributed by atoms with Crippen LogP contribution >= 0.6 is 0 Å². The van der Waals surface area contributed by atoms with Crippen LogP contribution in [0.3, 0.4) is 0 Å². The van der Waals surface area contributed by atoms with Crippen LogP contribution in [0, 0.1) is 0 Å². The molecule has 6 nitrogen and oxygen atoms in total. The van der Waals surface area contributed by atoms with E-state index in [2.05, 4.69) is 101 Å². The van der Waals surface area contributed by atoms with E-state index >= 15 is 0 Å². The van der Waals surface area contributed by atoms with Crippen LogP contribution in [0.15, 0.2) is 188 Å². The van der Waals surface area contributed by atoms with E-state index in [1.807, 2.05) is 98.1 Å². The summed E-state index contributed by atoms with van der Waals surface area (Å²) in [5, 5.41) is 1.06. The number of hydrogen-bond acceptors (Lipinski definition) is 5. The number of fused-ring (bicyclic) bond motifs is 7. The van der Waals surface area contributed by atoms with Gasteiger partial charge in [-0.25, -0.2) is 19.9 Å². The number of pyridine rings is 1. The molecule has 0 saturated heterocycles. The molecule has 8 aromatic rings. The standard InChI is InChI=1S/C47H34N6/c1-3-4-7-18-32(2)52-40-28-14-12-25-37(40)42-39-27-17-30-48-47(39)53(43(42)38-26-13-15-29-41(38)52)36-24-16-23-35(31-36)46-50-44(33-19-8-5-9-20-33)49-45(51-46)34-21-10-6-11-22-34/h3-31H,2H2,1H3/b4-3-,18-7-. The maximum absolute atomic E-state index is 5.04. The van der Waals surface area contributed by atoms with Gasteiger partial charge in [0.2, 0.25) is 0 Å². The first kappa shape index (κ1) is 31.8. The van der Waals surface area contributed by atoms with Crippen LogP contribution in [0.1, 0.15) is 6.92 Å². The molecule has 5 aromatic carbocycles. The van der Waals surface area contributed by atoms with Gasteiger partial charge in [0, 0.05) is 56.3 Å². The molecule has 6 heteroatoms. The van der Waals surface area contributed by atoms with Crippen LogP contribution in [-0.2, 0) is 0 Å². The molecule has 1 aliphatic rings. The van der Waals surface area contributed by atoms with Gasteiger partial charge in [0.25, 0.3) is 0 Å². The van der Waals surface area contributed by atoms with Crippen molar-refractivity contribution < 1.29 is 0 Å². The van der Waals surface area contributed by atoms with Crippen LogP contribution in [0.25, 0.3) is 73.3 Å². The Labute approximate surface area is 308 Å². The zero-order chi connectivity index (χ0) is 35.7. The number of benzene rings is 5. The molecule has 0 N–H and O–H groups in total. The molecule has 252 valence electrons. The van der Waals surface area contributed by atoms with Gasteiger partial charge in [-0.05, 0) is 49.4 Å². The Balaban J connectivity index is 1.29. The molecule has 53 heavy (non-hydrogen) atoms.